The van der Waals surface area contributed by atoms with E-state index in [0.717, 1.165) is 35.2 Å². The van der Waals surface area contributed by atoms with Crippen molar-refractivity contribution in [2.24, 2.45) is 0 Å². The summed E-state index contributed by atoms with van der Waals surface area (Å²) in [5.74, 6) is 2.82. The molecular formula is C12H14N2O2S. The number of rotatable bonds is 1. The number of thioether (sulfide) groups is 1. The molecule has 2 aliphatic rings. The van der Waals surface area contributed by atoms with Crippen LogP contribution in [-0.2, 0) is 4.79 Å². The molecule has 1 aromatic carbocycles. The van der Waals surface area contributed by atoms with E-state index in [1.807, 2.05) is 30.0 Å². The third-order valence-corrected chi connectivity index (χ3v) is 4.22. The number of fused-ring (bicyclic) bond motifs is 3. The van der Waals surface area contributed by atoms with Crippen molar-refractivity contribution in [1.82, 2.24) is 0 Å². The Morgan fingerprint density at radius 2 is 2.41 bits per heavy atom. The van der Waals surface area contributed by atoms with E-state index >= 15 is 0 Å². The first-order valence-corrected chi connectivity index (χ1v) is 6.78. The molecule has 0 spiro atoms. The number of hydrogen-bond acceptors (Lipinski definition) is 4. The highest BCUT2D eigenvalue weighted by atomic mass is 32.2. The Bertz CT molecular complexity index is 464. The second-order valence-electron chi connectivity index (χ2n) is 4.16. The highest BCUT2D eigenvalue weighted by Crippen LogP contribution is 2.37. The van der Waals surface area contributed by atoms with Crippen LogP contribution in [0.5, 0.6) is 5.75 Å². The average molecular weight is 250 g/mol. The Balaban J connectivity index is 2.02. The monoisotopic (exact) mass is 250 g/mol. The van der Waals surface area contributed by atoms with E-state index in [1.54, 1.807) is 7.11 Å². The third kappa shape index (κ3) is 1.74. The number of anilines is 2. The van der Waals surface area contributed by atoms with Crippen LogP contribution < -0.4 is 15.0 Å². The van der Waals surface area contributed by atoms with Gasteiger partial charge >= 0.3 is 0 Å². The second kappa shape index (κ2) is 4.14. The van der Waals surface area contributed by atoms with Crippen LogP contribution in [0.15, 0.2) is 18.2 Å². The number of ether oxygens (including phenoxy) is 1. The molecule has 1 amide bonds. The van der Waals surface area contributed by atoms with Gasteiger partial charge in [0.05, 0.1) is 18.5 Å². The first kappa shape index (κ1) is 10.8. The van der Waals surface area contributed by atoms with Crippen LogP contribution in [0.2, 0.25) is 0 Å². The molecule has 0 aromatic heterocycles. The molecule has 1 saturated heterocycles. The van der Waals surface area contributed by atoms with Gasteiger partial charge in [-0.2, -0.15) is 11.8 Å². The Morgan fingerprint density at radius 1 is 1.53 bits per heavy atom. The smallest absolute Gasteiger partial charge is 0.247 e. The fraction of sp³-hybridized carbons (Fsp3) is 0.417. The lowest BCUT2D eigenvalue weighted by Gasteiger charge is -2.40. The zero-order valence-corrected chi connectivity index (χ0v) is 10.4. The van der Waals surface area contributed by atoms with E-state index in [-0.39, 0.29) is 11.9 Å². The maximum atomic E-state index is 12.0. The van der Waals surface area contributed by atoms with E-state index in [9.17, 15) is 4.79 Å². The van der Waals surface area contributed by atoms with Crippen molar-refractivity contribution >= 4 is 29.0 Å². The van der Waals surface area contributed by atoms with Crippen LogP contribution in [0.1, 0.15) is 0 Å². The molecule has 4 nitrogen and oxygen atoms in total. The van der Waals surface area contributed by atoms with E-state index in [0.29, 0.717) is 0 Å². The van der Waals surface area contributed by atoms with Gasteiger partial charge in [0, 0.05) is 24.1 Å². The van der Waals surface area contributed by atoms with Crippen molar-refractivity contribution in [1.29, 1.82) is 0 Å². The minimum absolute atomic E-state index is 0.0188. The van der Waals surface area contributed by atoms with Gasteiger partial charge in [0.2, 0.25) is 5.91 Å². The summed E-state index contributed by atoms with van der Waals surface area (Å²) in [5, 5.41) is 2.96. The zero-order chi connectivity index (χ0) is 11.8. The van der Waals surface area contributed by atoms with Crippen LogP contribution in [0, 0.1) is 0 Å². The van der Waals surface area contributed by atoms with Crippen LogP contribution in [0.3, 0.4) is 0 Å². The molecule has 0 saturated carbocycles. The molecule has 3 rings (SSSR count). The highest BCUT2D eigenvalue weighted by Gasteiger charge is 2.34. The van der Waals surface area contributed by atoms with Crippen molar-refractivity contribution in [3.63, 3.8) is 0 Å². The number of carbonyl (C=O) groups excluding carboxylic acids is 1. The largest absolute Gasteiger partial charge is 0.497 e. The molecule has 0 bridgehead atoms. The number of methoxy groups -OCH3 is 1. The molecule has 1 aromatic rings. The summed E-state index contributed by atoms with van der Waals surface area (Å²) in [4.78, 5) is 14.2. The van der Waals surface area contributed by atoms with Crippen LogP contribution in [0.25, 0.3) is 0 Å². The minimum atomic E-state index is -0.0188. The maximum absolute atomic E-state index is 12.0. The number of benzene rings is 1. The topological polar surface area (TPSA) is 41.6 Å². The molecule has 2 aliphatic heterocycles. The van der Waals surface area contributed by atoms with Gasteiger partial charge in [-0.25, -0.2) is 0 Å². The number of carbonyl (C=O) groups is 1. The fourth-order valence-electron chi connectivity index (χ4n) is 2.32. The van der Waals surface area contributed by atoms with Crippen molar-refractivity contribution in [3.8, 4) is 5.75 Å². The fourth-order valence-corrected chi connectivity index (χ4v) is 3.37. The molecule has 0 aliphatic carbocycles. The number of amides is 1. The van der Waals surface area contributed by atoms with Crippen molar-refractivity contribution in [2.75, 3.05) is 35.4 Å². The van der Waals surface area contributed by atoms with Gasteiger partial charge < -0.3 is 15.0 Å². The number of nitrogens with zero attached hydrogens (tertiary/aromatic N) is 1. The van der Waals surface area contributed by atoms with E-state index < -0.39 is 0 Å². The maximum Gasteiger partial charge on any atom is 0.247 e. The average Bonchev–Trinajstić information content (AvgIpc) is 2.38. The Hall–Kier alpha value is -1.36. The van der Waals surface area contributed by atoms with Crippen molar-refractivity contribution in [2.45, 2.75) is 6.04 Å². The van der Waals surface area contributed by atoms with Gasteiger partial charge in [0.25, 0.3) is 0 Å². The summed E-state index contributed by atoms with van der Waals surface area (Å²) in [6.45, 7) is 0.933. The lowest BCUT2D eigenvalue weighted by atomic mass is 10.1. The van der Waals surface area contributed by atoms with Gasteiger partial charge in [0.15, 0.2) is 0 Å². The highest BCUT2D eigenvalue weighted by molar-refractivity contribution is 7.99. The van der Waals surface area contributed by atoms with Crippen LogP contribution in [0.4, 0.5) is 11.4 Å². The molecule has 90 valence electrons. The van der Waals surface area contributed by atoms with E-state index in [1.165, 1.54) is 0 Å². The van der Waals surface area contributed by atoms with Gasteiger partial charge in [0.1, 0.15) is 11.8 Å². The Labute approximate surface area is 104 Å². The second-order valence-corrected chi connectivity index (χ2v) is 5.31. The zero-order valence-electron chi connectivity index (χ0n) is 9.60. The van der Waals surface area contributed by atoms with Crippen molar-refractivity contribution < 1.29 is 9.53 Å². The normalized spacial score (nSPS) is 22.5. The van der Waals surface area contributed by atoms with Gasteiger partial charge in [-0.15, -0.1) is 0 Å². The van der Waals surface area contributed by atoms with E-state index in [4.69, 9.17) is 4.74 Å². The standard InChI is InChI=1S/C12H14N2O2S/c1-16-8-2-3-10-9(6-8)13-12(15)11-7-17-5-4-14(10)11/h2-3,6,11H,4-5,7H2,1H3,(H,13,15). The summed E-state index contributed by atoms with van der Waals surface area (Å²) in [5.41, 5.74) is 1.97. The van der Waals surface area contributed by atoms with E-state index in [2.05, 4.69) is 10.2 Å². The summed E-state index contributed by atoms with van der Waals surface area (Å²) >= 11 is 1.84. The molecule has 2 heterocycles. The first-order chi connectivity index (χ1) is 8.29. The molecule has 1 unspecified atom stereocenters. The summed E-state index contributed by atoms with van der Waals surface area (Å²) in [7, 11) is 1.63. The Kier molecular flexibility index (Phi) is 2.63. The molecule has 1 atom stereocenters. The lowest BCUT2D eigenvalue weighted by molar-refractivity contribution is -0.117. The molecule has 17 heavy (non-hydrogen) atoms. The molecule has 1 fully saturated rings. The summed E-state index contributed by atoms with van der Waals surface area (Å²) in [6.07, 6.45) is 0. The molecule has 1 N–H and O–H groups in total. The van der Waals surface area contributed by atoms with Crippen LogP contribution >= 0.6 is 11.8 Å². The molecule has 5 heteroatoms. The summed E-state index contributed by atoms with van der Waals surface area (Å²) < 4.78 is 5.18. The molecule has 0 radical (unpaired) electrons. The van der Waals surface area contributed by atoms with Gasteiger partial charge in [-0.1, -0.05) is 0 Å². The molecular weight excluding hydrogens is 236 g/mol. The predicted molar refractivity (Wildman–Crippen MR) is 70.1 cm³/mol. The minimum Gasteiger partial charge on any atom is -0.497 e. The predicted octanol–water partition coefficient (Wildman–Crippen LogP) is 1.57. The van der Waals surface area contributed by atoms with Gasteiger partial charge in [-0.05, 0) is 12.1 Å². The quantitative estimate of drug-likeness (QED) is 0.821. The lowest BCUT2D eigenvalue weighted by Crippen LogP contribution is -2.52. The van der Waals surface area contributed by atoms with Gasteiger partial charge in [-0.3, -0.25) is 4.79 Å². The first-order valence-electron chi connectivity index (χ1n) is 5.63. The van der Waals surface area contributed by atoms with Crippen molar-refractivity contribution in [3.05, 3.63) is 18.2 Å². The van der Waals surface area contributed by atoms with Crippen LogP contribution in [-0.4, -0.2) is 37.1 Å². The SMILES string of the molecule is COc1ccc2c(c1)NC(=O)C1CSCCN21. The third-order valence-electron chi connectivity index (χ3n) is 3.20. The summed E-state index contributed by atoms with van der Waals surface area (Å²) in [6, 6.07) is 5.83. The number of nitrogens with one attached hydrogen (secondary N) is 1. The number of hydrogen-bond donors (Lipinski definition) is 1. The Morgan fingerprint density at radius 3 is 3.24 bits per heavy atom.